The Balaban J connectivity index is 2.34. The maximum Gasteiger partial charge on any atom is 0.339 e. The van der Waals surface area contributed by atoms with Crippen molar-refractivity contribution in [1.29, 1.82) is 0 Å². The summed E-state index contributed by atoms with van der Waals surface area (Å²) >= 11 is 1.40. The Morgan fingerprint density at radius 2 is 2.16 bits per heavy atom. The average Bonchev–Trinajstić information content (AvgIpc) is 2.41. The minimum atomic E-state index is -1.27. The van der Waals surface area contributed by atoms with E-state index in [0.29, 0.717) is 5.03 Å². The lowest BCUT2D eigenvalue weighted by Gasteiger charge is -2.08. The number of nitrogens with zero attached hydrogens (tertiary/aromatic N) is 2. The normalized spacial score (nSPS) is 10.2. The molecular weight excluding hydrogens is 271 g/mol. The van der Waals surface area contributed by atoms with Gasteiger partial charge in [0, 0.05) is 6.07 Å². The first-order valence-electron chi connectivity index (χ1n) is 5.17. The number of hydrogen-bond donors (Lipinski definition) is 1. The second-order valence-electron chi connectivity index (χ2n) is 3.45. The molecule has 0 unspecified atom stereocenters. The zero-order valence-electron chi connectivity index (χ0n) is 9.83. The third kappa shape index (κ3) is 3.19. The molecule has 0 saturated heterocycles. The van der Waals surface area contributed by atoms with Gasteiger partial charge in [-0.15, -0.1) is 11.8 Å². The Kier molecular flexibility index (Phi) is 3.96. The van der Waals surface area contributed by atoms with Crippen LogP contribution in [0.15, 0.2) is 35.6 Å². The van der Waals surface area contributed by atoms with Crippen LogP contribution in [0.4, 0.5) is 4.39 Å². The molecule has 0 aliphatic carbocycles. The van der Waals surface area contributed by atoms with E-state index in [4.69, 9.17) is 9.84 Å². The highest BCUT2D eigenvalue weighted by Gasteiger charge is 2.14. The fourth-order valence-corrected chi connectivity index (χ4v) is 1.73. The van der Waals surface area contributed by atoms with Gasteiger partial charge in [0.15, 0.2) is 0 Å². The lowest BCUT2D eigenvalue weighted by atomic mass is 10.2. The highest BCUT2D eigenvalue weighted by atomic mass is 32.2. The van der Waals surface area contributed by atoms with Gasteiger partial charge in [0.05, 0.1) is 0 Å². The van der Waals surface area contributed by atoms with E-state index >= 15 is 0 Å². The first-order chi connectivity index (χ1) is 9.10. The second kappa shape index (κ2) is 5.66. The van der Waals surface area contributed by atoms with Crippen molar-refractivity contribution in [3.05, 3.63) is 42.0 Å². The van der Waals surface area contributed by atoms with Gasteiger partial charge in [-0.25, -0.2) is 19.2 Å². The molecule has 0 radical (unpaired) electrons. The van der Waals surface area contributed by atoms with Crippen molar-refractivity contribution in [1.82, 2.24) is 9.97 Å². The maximum atomic E-state index is 13.0. The van der Waals surface area contributed by atoms with Gasteiger partial charge in [0.25, 0.3) is 0 Å². The first kappa shape index (κ1) is 13.3. The van der Waals surface area contributed by atoms with Crippen LogP contribution in [0.3, 0.4) is 0 Å². The minimum Gasteiger partial charge on any atom is -0.478 e. The summed E-state index contributed by atoms with van der Waals surface area (Å²) in [6.07, 6.45) is 3.15. The molecule has 98 valence electrons. The molecule has 0 amide bonds. The molecule has 1 aromatic carbocycles. The Bertz CT molecular complexity index is 622. The van der Waals surface area contributed by atoms with Crippen molar-refractivity contribution >= 4 is 17.7 Å². The van der Waals surface area contributed by atoms with Crippen LogP contribution in [0.1, 0.15) is 10.4 Å². The van der Waals surface area contributed by atoms with Gasteiger partial charge in [-0.3, -0.25) is 0 Å². The molecule has 7 heteroatoms. The van der Waals surface area contributed by atoms with Crippen LogP contribution in [0.5, 0.6) is 11.6 Å². The van der Waals surface area contributed by atoms with Crippen LogP contribution in [0.25, 0.3) is 0 Å². The van der Waals surface area contributed by atoms with Crippen LogP contribution in [-0.2, 0) is 0 Å². The number of hydrogen-bond acceptors (Lipinski definition) is 5. The summed E-state index contributed by atoms with van der Waals surface area (Å²) in [5.41, 5.74) is -0.260. The van der Waals surface area contributed by atoms with Crippen molar-refractivity contribution < 1.29 is 19.0 Å². The van der Waals surface area contributed by atoms with E-state index in [9.17, 15) is 9.18 Å². The number of rotatable bonds is 4. The number of carboxylic acids is 1. The van der Waals surface area contributed by atoms with Gasteiger partial charge >= 0.3 is 5.97 Å². The average molecular weight is 280 g/mol. The number of ether oxygens (including phenoxy) is 1. The van der Waals surface area contributed by atoms with Crippen LogP contribution in [-0.4, -0.2) is 27.3 Å². The van der Waals surface area contributed by atoms with Gasteiger partial charge in [0.2, 0.25) is 5.88 Å². The Hall–Kier alpha value is -2.15. The van der Waals surface area contributed by atoms with Gasteiger partial charge in [-0.05, 0) is 24.5 Å². The van der Waals surface area contributed by atoms with Crippen molar-refractivity contribution in [2.75, 3.05) is 6.26 Å². The van der Waals surface area contributed by atoms with Gasteiger partial charge in [0.1, 0.15) is 28.5 Å². The quantitative estimate of drug-likeness (QED) is 0.686. The van der Waals surface area contributed by atoms with E-state index in [-0.39, 0.29) is 17.2 Å². The molecule has 0 aliphatic rings. The molecule has 5 nitrogen and oxygen atoms in total. The van der Waals surface area contributed by atoms with E-state index in [1.54, 1.807) is 6.07 Å². The Labute approximate surface area is 112 Å². The van der Waals surface area contributed by atoms with Crippen LogP contribution in [0, 0.1) is 5.82 Å². The molecule has 2 rings (SSSR count). The lowest BCUT2D eigenvalue weighted by Crippen LogP contribution is -2.01. The van der Waals surface area contributed by atoms with Crippen molar-refractivity contribution in [3.63, 3.8) is 0 Å². The summed E-state index contributed by atoms with van der Waals surface area (Å²) < 4.78 is 18.4. The van der Waals surface area contributed by atoms with Gasteiger partial charge in [-0.2, -0.15) is 0 Å². The van der Waals surface area contributed by atoms with Crippen molar-refractivity contribution in [3.8, 4) is 11.6 Å². The second-order valence-corrected chi connectivity index (χ2v) is 4.27. The third-order valence-electron chi connectivity index (χ3n) is 2.21. The lowest BCUT2D eigenvalue weighted by molar-refractivity contribution is 0.0693. The monoisotopic (exact) mass is 280 g/mol. The van der Waals surface area contributed by atoms with E-state index in [0.717, 1.165) is 12.1 Å². The third-order valence-corrected chi connectivity index (χ3v) is 2.85. The first-order valence-corrected chi connectivity index (χ1v) is 6.39. The molecule has 2 aromatic rings. The summed E-state index contributed by atoms with van der Waals surface area (Å²) in [6, 6.07) is 4.84. The number of benzene rings is 1. The van der Waals surface area contributed by atoms with Crippen molar-refractivity contribution in [2.24, 2.45) is 0 Å². The molecule has 0 aliphatic heterocycles. The molecular formula is C12H9FN2O3S. The molecule has 19 heavy (non-hydrogen) atoms. The summed E-state index contributed by atoms with van der Waals surface area (Å²) in [5.74, 6) is -1.68. The highest BCUT2D eigenvalue weighted by molar-refractivity contribution is 7.98. The van der Waals surface area contributed by atoms with E-state index in [1.165, 1.54) is 24.2 Å². The molecule has 0 bridgehead atoms. The largest absolute Gasteiger partial charge is 0.478 e. The van der Waals surface area contributed by atoms with Crippen LogP contribution >= 0.6 is 11.8 Å². The predicted molar refractivity (Wildman–Crippen MR) is 67.2 cm³/mol. The summed E-state index contributed by atoms with van der Waals surface area (Å²) in [6.45, 7) is 0. The molecule has 0 spiro atoms. The van der Waals surface area contributed by atoms with Crippen molar-refractivity contribution in [2.45, 2.75) is 5.03 Å². The SMILES string of the molecule is CSc1cc(Oc2ccc(F)cc2C(=O)O)ncn1. The summed E-state index contributed by atoms with van der Waals surface area (Å²) in [7, 11) is 0. The number of carboxylic acid groups (broad SMARTS) is 1. The molecule has 1 heterocycles. The predicted octanol–water partition coefficient (Wildman–Crippen LogP) is 2.83. The number of carbonyl (C=O) groups is 1. The van der Waals surface area contributed by atoms with Gasteiger partial charge < -0.3 is 9.84 Å². The number of halogens is 1. The topological polar surface area (TPSA) is 72.3 Å². The highest BCUT2D eigenvalue weighted by Crippen LogP contribution is 2.26. The number of aromatic nitrogens is 2. The van der Waals surface area contributed by atoms with E-state index in [1.807, 2.05) is 6.26 Å². The molecule has 0 fully saturated rings. The number of aromatic carboxylic acids is 1. The smallest absolute Gasteiger partial charge is 0.339 e. The van der Waals surface area contributed by atoms with E-state index < -0.39 is 11.8 Å². The van der Waals surface area contributed by atoms with E-state index in [2.05, 4.69) is 9.97 Å². The molecule has 0 atom stereocenters. The number of thioether (sulfide) groups is 1. The fraction of sp³-hybridized carbons (Fsp3) is 0.0833. The maximum absolute atomic E-state index is 13.0. The Morgan fingerprint density at radius 1 is 1.37 bits per heavy atom. The van der Waals surface area contributed by atoms with Gasteiger partial charge in [-0.1, -0.05) is 0 Å². The summed E-state index contributed by atoms with van der Waals surface area (Å²) in [5, 5.41) is 9.67. The Morgan fingerprint density at radius 3 is 2.84 bits per heavy atom. The molecule has 0 saturated carbocycles. The standard InChI is InChI=1S/C12H9FN2O3S/c1-19-11-5-10(14-6-15-11)18-9-3-2-7(13)4-8(9)12(16)17/h2-6H,1H3,(H,16,17). The zero-order chi connectivity index (χ0) is 13.8. The molecule has 1 aromatic heterocycles. The summed E-state index contributed by atoms with van der Waals surface area (Å²) in [4.78, 5) is 18.8. The minimum absolute atomic E-state index is 0.0275. The molecule has 1 N–H and O–H groups in total. The fourth-order valence-electron chi connectivity index (χ4n) is 1.36. The van der Waals surface area contributed by atoms with Crippen LogP contribution in [0.2, 0.25) is 0 Å². The zero-order valence-corrected chi connectivity index (χ0v) is 10.6. The van der Waals surface area contributed by atoms with Crippen LogP contribution < -0.4 is 4.74 Å².